The molecule has 0 radical (unpaired) electrons. The van der Waals surface area contributed by atoms with E-state index in [1.807, 2.05) is 6.92 Å². The fourth-order valence-electron chi connectivity index (χ4n) is 0.506. The van der Waals surface area contributed by atoms with Crippen LogP contribution in [0.2, 0.25) is 0 Å². The second-order valence-corrected chi connectivity index (χ2v) is 2.44. The Hall–Kier alpha value is -0.600. The van der Waals surface area contributed by atoms with Crippen LogP contribution in [0.25, 0.3) is 0 Å². The summed E-state index contributed by atoms with van der Waals surface area (Å²) in [6, 6.07) is 0. The van der Waals surface area contributed by atoms with Gasteiger partial charge in [-0.05, 0) is 24.0 Å². The van der Waals surface area contributed by atoms with Crippen LogP contribution in [0.1, 0.15) is 6.92 Å². The molecular weight excluding hydrogens is 134 g/mol. The maximum Gasteiger partial charge on any atom is 0.174 e. The zero-order chi connectivity index (χ0) is 6.85. The summed E-state index contributed by atoms with van der Waals surface area (Å²) in [7, 11) is 2.43. The van der Waals surface area contributed by atoms with E-state index in [2.05, 4.69) is 20.7 Å². The highest BCUT2D eigenvalue weighted by Crippen LogP contribution is 2.20. The van der Waals surface area contributed by atoms with Gasteiger partial charge >= 0.3 is 0 Å². The molecule has 0 fully saturated rings. The second kappa shape index (κ2) is 2.33. The molecule has 0 spiro atoms. The molecule has 2 heteroatoms. The highest BCUT2D eigenvalue weighted by Gasteiger charge is 1.96. The first-order valence-electron chi connectivity index (χ1n) is 2.56. The summed E-state index contributed by atoms with van der Waals surface area (Å²) in [5, 5.41) is 0.839. The molecule has 0 nitrogen and oxygen atoms in total. The highest BCUT2D eigenvalue weighted by atomic mass is 31.0. The monoisotopic (exact) mass is 140 g/mol. The van der Waals surface area contributed by atoms with Gasteiger partial charge < -0.3 is 0 Å². The van der Waals surface area contributed by atoms with E-state index in [4.69, 9.17) is 0 Å². The molecule has 1 rings (SSSR count). The van der Waals surface area contributed by atoms with E-state index in [0.29, 0.717) is 0 Å². The fourth-order valence-corrected chi connectivity index (χ4v) is 0.725. The smallest absolute Gasteiger partial charge is 0.174 e. The SMILES string of the molecule is CC1=C=C=C(F)C=C1P. The van der Waals surface area contributed by atoms with Crippen LogP contribution in [-0.4, -0.2) is 0 Å². The van der Waals surface area contributed by atoms with Gasteiger partial charge in [-0.25, -0.2) is 0 Å². The van der Waals surface area contributed by atoms with Crippen molar-refractivity contribution in [1.82, 2.24) is 0 Å². The third kappa shape index (κ3) is 1.40. The second-order valence-electron chi connectivity index (χ2n) is 1.82. The highest BCUT2D eigenvalue weighted by molar-refractivity contribution is 7.23. The van der Waals surface area contributed by atoms with Gasteiger partial charge in [-0.15, -0.1) is 9.24 Å². The van der Waals surface area contributed by atoms with Gasteiger partial charge in [0, 0.05) is 5.57 Å². The minimum atomic E-state index is -0.356. The molecular formula is C7H6FP. The predicted octanol–water partition coefficient (Wildman–Crippen LogP) is 2.31. The van der Waals surface area contributed by atoms with Gasteiger partial charge in [-0.1, -0.05) is 5.73 Å². The Bertz CT molecular complexity index is 261. The van der Waals surface area contributed by atoms with E-state index >= 15 is 0 Å². The van der Waals surface area contributed by atoms with Crippen molar-refractivity contribution in [3.05, 3.63) is 34.3 Å². The van der Waals surface area contributed by atoms with Crippen LogP contribution in [0, 0.1) is 0 Å². The molecule has 9 heavy (non-hydrogen) atoms. The largest absolute Gasteiger partial charge is 0.197 e. The number of allylic oxidation sites excluding steroid dienone is 4. The maximum absolute atomic E-state index is 12.2. The number of hydrogen-bond donors (Lipinski definition) is 0. The summed E-state index contributed by atoms with van der Waals surface area (Å²) in [5.74, 6) is -0.356. The zero-order valence-corrected chi connectivity index (χ0v) is 6.19. The average Bonchev–Trinajstić information content (AvgIpc) is 1.80. The third-order valence-corrected chi connectivity index (χ3v) is 1.68. The van der Waals surface area contributed by atoms with E-state index in [0.717, 1.165) is 10.9 Å². The number of hydrogen-bond acceptors (Lipinski definition) is 0. The summed E-state index contributed by atoms with van der Waals surface area (Å²) in [4.78, 5) is 0. The summed E-state index contributed by atoms with van der Waals surface area (Å²) in [5.41, 5.74) is 5.90. The van der Waals surface area contributed by atoms with E-state index in [9.17, 15) is 4.39 Å². The van der Waals surface area contributed by atoms with Crippen molar-refractivity contribution in [3.8, 4) is 0 Å². The van der Waals surface area contributed by atoms with Crippen LogP contribution in [0.4, 0.5) is 4.39 Å². The first-order valence-corrected chi connectivity index (χ1v) is 3.13. The minimum Gasteiger partial charge on any atom is -0.197 e. The molecule has 0 saturated carbocycles. The first kappa shape index (κ1) is 6.52. The van der Waals surface area contributed by atoms with Crippen molar-refractivity contribution in [2.75, 3.05) is 0 Å². The van der Waals surface area contributed by atoms with E-state index < -0.39 is 0 Å². The van der Waals surface area contributed by atoms with Crippen LogP contribution in [-0.2, 0) is 0 Å². The molecule has 0 N–H and O–H groups in total. The Labute approximate surface area is 55.7 Å². The molecule has 1 aliphatic carbocycles. The molecule has 0 amide bonds. The van der Waals surface area contributed by atoms with Crippen LogP contribution in [0.15, 0.2) is 34.3 Å². The quantitative estimate of drug-likeness (QED) is 0.357. The van der Waals surface area contributed by atoms with Crippen molar-refractivity contribution in [1.29, 1.82) is 0 Å². The Morgan fingerprint density at radius 1 is 1.56 bits per heavy atom. The summed E-state index contributed by atoms with van der Waals surface area (Å²) in [6.07, 6.45) is 1.41. The topological polar surface area (TPSA) is 0 Å². The summed E-state index contributed by atoms with van der Waals surface area (Å²) < 4.78 is 12.2. The molecule has 0 aromatic heterocycles. The third-order valence-electron chi connectivity index (χ3n) is 1.08. The van der Waals surface area contributed by atoms with E-state index in [1.54, 1.807) is 0 Å². The zero-order valence-electron chi connectivity index (χ0n) is 5.03. The van der Waals surface area contributed by atoms with Gasteiger partial charge in [0.1, 0.15) is 0 Å². The Morgan fingerprint density at radius 2 is 2.22 bits per heavy atom. The number of rotatable bonds is 0. The Balaban J connectivity index is 3.23. The normalized spacial score (nSPS) is 16.6. The molecule has 0 bridgehead atoms. The van der Waals surface area contributed by atoms with Gasteiger partial charge in [0.25, 0.3) is 0 Å². The van der Waals surface area contributed by atoms with Crippen molar-refractivity contribution in [3.63, 3.8) is 0 Å². The minimum absolute atomic E-state index is 0.356. The van der Waals surface area contributed by atoms with Crippen LogP contribution < -0.4 is 0 Å². The van der Waals surface area contributed by atoms with Gasteiger partial charge in [-0.2, -0.15) is 4.39 Å². The van der Waals surface area contributed by atoms with Gasteiger partial charge in [0.15, 0.2) is 5.83 Å². The van der Waals surface area contributed by atoms with Crippen molar-refractivity contribution in [2.45, 2.75) is 6.92 Å². The molecule has 1 atom stereocenters. The van der Waals surface area contributed by atoms with Crippen molar-refractivity contribution in [2.24, 2.45) is 0 Å². The van der Waals surface area contributed by atoms with Gasteiger partial charge in [0.2, 0.25) is 0 Å². The maximum atomic E-state index is 12.2. The lowest BCUT2D eigenvalue weighted by atomic mass is 10.2. The molecule has 0 saturated heterocycles. The lowest BCUT2D eigenvalue weighted by Crippen LogP contribution is -1.76. The molecule has 0 aromatic carbocycles. The Kier molecular flexibility index (Phi) is 1.69. The molecule has 0 heterocycles. The standard InChI is InChI=1S/C7H6FP/c1-5-2-3-6(8)4-7(5)9/h4H,9H2,1H3. The van der Waals surface area contributed by atoms with Crippen LogP contribution in [0.5, 0.6) is 0 Å². The molecule has 1 aliphatic rings. The summed E-state index contributed by atoms with van der Waals surface area (Å²) >= 11 is 0. The molecule has 0 aliphatic heterocycles. The van der Waals surface area contributed by atoms with Gasteiger partial charge in [0.05, 0.1) is 0 Å². The van der Waals surface area contributed by atoms with E-state index in [-0.39, 0.29) is 5.83 Å². The first-order chi connectivity index (χ1) is 4.20. The number of halogens is 1. The van der Waals surface area contributed by atoms with E-state index in [1.165, 1.54) is 6.08 Å². The summed E-state index contributed by atoms with van der Waals surface area (Å²) in [6.45, 7) is 1.86. The predicted molar refractivity (Wildman–Crippen MR) is 38.6 cm³/mol. The fraction of sp³-hybridized carbons (Fsp3) is 0.143. The lowest BCUT2D eigenvalue weighted by Gasteiger charge is -1.96. The van der Waals surface area contributed by atoms with Crippen LogP contribution >= 0.6 is 9.24 Å². The average molecular weight is 140 g/mol. The van der Waals surface area contributed by atoms with Crippen molar-refractivity contribution >= 4 is 9.24 Å². The molecule has 1 unspecified atom stereocenters. The van der Waals surface area contributed by atoms with Crippen molar-refractivity contribution < 1.29 is 4.39 Å². The lowest BCUT2D eigenvalue weighted by molar-refractivity contribution is 0.668. The molecule has 0 aromatic rings. The Morgan fingerprint density at radius 3 is 2.67 bits per heavy atom. The van der Waals surface area contributed by atoms with Crippen LogP contribution in [0.3, 0.4) is 0 Å². The van der Waals surface area contributed by atoms with Gasteiger partial charge in [-0.3, -0.25) is 0 Å². The molecule has 46 valence electrons.